The second kappa shape index (κ2) is 11.4. The van der Waals surface area contributed by atoms with Gasteiger partial charge in [-0.1, -0.05) is 57.5 Å². The summed E-state index contributed by atoms with van der Waals surface area (Å²) in [6.07, 6.45) is 1.33. The van der Waals surface area contributed by atoms with Crippen LogP contribution in [-0.4, -0.2) is 41.0 Å². The van der Waals surface area contributed by atoms with E-state index in [1.165, 1.54) is 7.11 Å². The lowest BCUT2D eigenvalue weighted by molar-refractivity contribution is -0.142. The zero-order valence-electron chi connectivity index (χ0n) is 20.4. The van der Waals surface area contributed by atoms with Gasteiger partial charge in [0.25, 0.3) is 0 Å². The average Bonchev–Trinajstić information content (AvgIpc) is 2.86. The molecule has 1 aromatic heterocycles. The number of carbonyl (C=O) groups is 2. The Morgan fingerprint density at radius 2 is 1.68 bits per heavy atom. The molecule has 0 unspecified atom stereocenters. The van der Waals surface area contributed by atoms with Gasteiger partial charge in [0.05, 0.1) is 12.6 Å². The number of amides is 1. The third-order valence-corrected chi connectivity index (χ3v) is 5.99. The number of anilines is 3. The van der Waals surface area contributed by atoms with E-state index in [0.29, 0.717) is 23.7 Å². The van der Waals surface area contributed by atoms with E-state index in [0.717, 1.165) is 23.1 Å². The fourth-order valence-corrected chi connectivity index (χ4v) is 3.64. The molecule has 0 saturated heterocycles. The van der Waals surface area contributed by atoms with Crippen LogP contribution in [0.15, 0.2) is 48.5 Å². The Morgan fingerprint density at radius 1 is 0.971 bits per heavy atom. The maximum absolute atomic E-state index is 13.0. The summed E-state index contributed by atoms with van der Waals surface area (Å²) < 4.78 is 5.02. The quantitative estimate of drug-likeness (QED) is 0.372. The number of ether oxygens (including phenoxy) is 1. The van der Waals surface area contributed by atoms with Gasteiger partial charge in [0.15, 0.2) is 0 Å². The normalized spacial score (nSPS) is 13.6. The molecule has 34 heavy (non-hydrogen) atoms. The van der Waals surface area contributed by atoms with Gasteiger partial charge in [-0.2, -0.15) is 4.98 Å². The monoisotopic (exact) mass is 463 g/mol. The molecule has 3 atom stereocenters. The van der Waals surface area contributed by atoms with Gasteiger partial charge in [-0.15, -0.1) is 0 Å². The van der Waals surface area contributed by atoms with Crippen molar-refractivity contribution in [2.24, 2.45) is 5.92 Å². The van der Waals surface area contributed by atoms with E-state index < -0.39 is 12.1 Å². The Balaban J connectivity index is 1.91. The molecule has 8 nitrogen and oxygen atoms in total. The highest BCUT2D eigenvalue weighted by Gasteiger charge is 2.26. The van der Waals surface area contributed by atoms with Crippen molar-refractivity contribution in [1.82, 2.24) is 9.97 Å². The van der Waals surface area contributed by atoms with Crippen molar-refractivity contribution in [2.45, 2.75) is 52.6 Å². The highest BCUT2D eigenvalue weighted by molar-refractivity contribution is 5.97. The van der Waals surface area contributed by atoms with Crippen LogP contribution in [0.4, 0.5) is 17.5 Å². The van der Waals surface area contributed by atoms with Crippen molar-refractivity contribution in [3.8, 4) is 0 Å². The van der Waals surface area contributed by atoms with Crippen molar-refractivity contribution in [2.75, 3.05) is 23.1 Å². The van der Waals surface area contributed by atoms with Gasteiger partial charge in [0.2, 0.25) is 11.9 Å². The van der Waals surface area contributed by atoms with Crippen LogP contribution in [0.1, 0.15) is 39.2 Å². The Morgan fingerprint density at radius 3 is 2.35 bits per heavy atom. The first-order chi connectivity index (χ1) is 16.4. The van der Waals surface area contributed by atoms with E-state index in [1.54, 1.807) is 0 Å². The van der Waals surface area contributed by atoms with Crippen LogP contribution in [0.3, 0.4) is 0 Å². The summed E-state index contributed by atoms with van der Waals surface area (Å²) in [5, 5.41) is 10.2. The Kier molecular flexibility index (Phi) is 8.40. The number of hydrogen-bond acceptors (Lipinski definition) is 7. The van der Waals surface area contributed by atoms with Crippen LogP contribution in [-0.2, 0) is 14.3 Å². The minimum absolute atomic E-state index is 0.0286. The van der Waals surface area contributed by atoms with E-state index in [9.17, 15) is 9.59 Å². The molecule has 1 heterocycles. The lowest BCUT2D eigenvalue weighted by atomic mass is 9.99. The fraction of sp³-hybridized carbons (Fsp3) is 0.385. The zero-order valence-corrected chi connectivity index (χ0v) is 20.4. The van der Waals surface area contributed by atoms with Crippen molar-refractivity contribution >= 4 is 40.2 Å². The van der Waals surface area contributed by atoms with E-state index in [-0.39, 0.29) is 17.8 Å². The molecule has 3 aromatic rings. The zero-order chi connectivity index (χ0) is 24.7. The van der Waals surface area contributed by atoms with Crippen molar-refractivity contribution < 1.29 is 14.3 Å². The highest BCUT2D eigenvalue weighted by atomic mass is 16.5. The Labute approximate surface area is 200 Å². The predicted molar refractivity (Wildman–Crippen MR) is 136 cm³/mol. The van der Waals surface area contributed by atoms with Gasteiger partial charge in [0.1, 0.15) is 17.9 Å². The molecular formula is C26H33N5O3. The minimum Gasteiger partial charge on any atom is -0.467 e. The molecule has 0 saturated carbocycles. The minimum atomic E-state index is -0.563. The summed E-state index contributed by atoms with van der Waals surface area (Å²) >= 11 is 0. The third kappa shape index (κ3) is 5.81. The molecule has 3 rings (SSSR count). The van der Waals surface area contributed by atoms with E-state index in [1.807, 2.05) is 76.2 Å². The molecule has 180 valence electrons. The van der Waals surface area contributed by atoms with E-state index in [2.05, 4.69) is 25.9 Å². The van der Waals surface area contributed by atoms with Gasteiger partial charge in [0, 0.05) is 11.1 Å². The van der Waals surface area contributed by atoms with Gasteiger partial charge in [-0.3, -0.25) is 4.79 Å². The van der Waals surface area contributed by atoms with Crippen LogP contribution in [0.5, 0.6) is 0 Å². The summed E-state index contributed by atoms with van der Waals surface area (Å²) in [7, 11) is 1.38. The maximum Gasteiger partial charge on any atom is 0.328 e. The topological polar surface area (TPSA) is 105 Å². The first-order valence-corrected chi connectivity index (χ1v) is 11.6. The van der Waals surface area contributed by atoms with Gasteiger partial charge in [-0.25, -0.2) is 9.78 Å². The molecule has 0 spiro atoms. The summed E-state index contributed by atoms with van der Waals surface area (Å²) in [5.41, 5.74) is 2.45. The summed E-state index contributed by atoms with van der Waals surface area (Å²) in [6, 6.07) is 14.1. The summed E-state index contributed by atoms with van der Waals surface area (Å²) in [6.45, 7) is 7.88. The standard InChI is InChI=1S/C26H33N5O3/c1-6-16(3)22(25(33)34-5)30-23-18-13-9-11-15-21(18)29-26(31-23)28-19(7-2)24(32)27-20-14-10-8-12-17(20)4/h8-16,19,22H,6-7H2,1-5H3,(H,27,32)(H2,28,29,30,31)/t16-,19-,22+/m0/s1. The molecule has 0 fully saturated rings. The SMILES string of the molecule is CC[C@H](Nc1nc(N[C@@H](C(=O)OC)[C@@H](C)CC)c2ccccc2n1)C(=O)Nc1ccccc1C. The Bertz CT molecular complexity index is 1150. The first-order valence-electron chi connectivity index (χ1n) is 11.6. The molecule has 1 amide bonds. The van der Waals surface area contributed by atoms with Crippen molar-refractivity contribution in [3.63, 3.8) is 0 Å². The number of hydrogen-bond donors (Lipinski definition) is 3. The number of methoxy groups -OCH3 is 1. The smallest absolute Gasteiger partial charge is 0.328 e. The average molecular weight is 464 g/mol. The lowest BCUT2D eigenvalue weighted by Crippen LogP contribution is -2.37. The van der Waals surface area contributed by atoms with Crippen molar-refractivity contribution in [3.05, 3.63) is 54.1 Å². The second-order valence-corrected chi connectivity index (χ2v) is 8.35. The van der Waals surface area contributed by atoms with Crippen LogP contribution >= 0.6 is 0 Å². The summed E-state index contributed by atoms with van der Waals surface area (Å²) in [4.78, 5) is 34.7. The molecule has 0 aliphatic carbocycles. The van der Waals surface area contributed by atoms with Crippen LogP contribution in [0.25, 0.3) is 10.9 Å². The van der Waals surface area contributed by atoms with Gasteiger partial charge < -0.3 is 20.7 Å². The first kappa shape index (κ1) is 25.0. The molecule has 0 aliphatic rings. The molecule has 0 aliphatic heterocycles. The van der Waals surface area contributed by atoms with Crippen LogP contribution in [0.2, 0.25) is 0 Å². The number of aromatic nitrogens is 2. The van der Waals surface area contributed by atoms with Gasteiger partial charge in [-0.05, 0) is 43.0 Å². The number of para-hydroxylation sites is 2. The molecule has 3 N–H and O–H groups in total. The molecule has 2 aromatic carbocycles. The number of esters is 1. The number of aryl methyl sites for hydroxylation is 1. The molecule has 0 radical (unpaired) electrons. The van der Waals surface area contributed by atoms with Crippen molar-refractivity contribution in [1.29, 1.82) is 0 Å². The highest BCUT2D eigenvalue weighted by Crippen LogP contribution is 2.25. The second-order valence-electron chi connectivity index (χ2n) is 8.35. The van der Waals surface area contributed by atoms with Crippen LogP contribution in [0, 0.1) is 12.8 Å². The predicted octanol–water partition coefficient (Wildman–Crippen LogP) is 4.77. The molecular weight excluding hydrogens is 430 g/mol. The number of nitrogens with zero attached hydrogens (tertiary/aromatic N) is 2. The fourth-order valence-electron chi connectivity index (χ4n) is 3.64. The Hall–Kier alpha value is -3.68. The number of benzene rings is 2. The lowest BCUT2D eigenvalue weighted by Gasteiger charge is -2.24. The molecule has 8 heteroatoms. The number of nitrogens with one attached hydrogen (secondary N) is 3. The largest absolute Gasteiger partial charge is 0.467 e. The van der Waals surface area contributed by atoms with E-state index >= 15 is 0 Å². The molecule has 0 bridgehead atoms. The van der Waals surface area contributed by atoms with Crippen LogP contribution < -0.4 is 16.0 Å². The van der Waals surface area contributed by atoms with E-state index in [4.69, 9.17) is 4.74 Å². The number of carbonyl (C=O) groups excluding carboxylic acids is 2. The third-order valence-electron chi connectivity index (χ3n) is 5.99. The maximum atomic E-state index is 13.0. The summed E-state index contributed by atoms with van der Waals surface area (Å²) in [5.74, 6) is 0.324. The number of fused-ring (bicyclic) bond motifs is 1. The number of rotatable bonds is 10. The van der Waals surface area contributed by atoms with Gasteiger partial charge >= 0.3 is 5.97 Å².